The number of hydrogen-bond donors (Lipinski definition) is 2. The highest BCUT2D eigenvalue weighted by Crippen LogP contribution is 2.38. The van der Waals surface area contributed by atoms with Gasteiger partial charge in [-0.2, -0.15) is 5.10 Å². The van der Waals surface area contributed by atoms with Crippen molar-refractivity contribution in [3.05, 3.63) is 23.8 Å². The molecule has 0 fully saturated rings. The Morgan fingerprint density at radius 2 is 2.05 bits per heavy atom. The number of guanidine groups is 1. The van der Waals surface area contributed by atoms with E-state index >= 15 is 0 Å². The van der Waals surface area contributed by atoms with Gasteiger partial charge in [0.15, 0.2) is 5.55 Å². The van der Waals surface area contributed by atoms with Gasteiger partial charge >= 0.3 is 0 Å². The third-order valence-electron chi connectivity index (χ3n) is 2.53. The highest BCUT2D eigenvalue weighted by Gasteiger charge is 2.28. The Morgan fingerprint density at radius 1 is 1.42 bits per heavy atom. The predicted octanol–water partition coefficient (Wildman–Crippen LogP) is 1.28. The van der Waals surface area contributed by atoms with E-state index in [9.17, 15) is 0 Å². The zero-order valence-electron chi connectivity index (χ0n) is 10.4. The van der Waals surface area contributed by atoms with Crippen LogP contribution >= 0.6 is 11.8 Å². The van der Waals surface area contributed by atoms with Crippen LogP contribution in [0.15, 0.2) is 28.5 Å². The second-order valence-corrected chi connectivity index (χ2v) is 4.48. The molecule has 101 valence electrons. The highest BCUT2D eigenvalue weighted by atomic mass is 32.2. The summed E-state index contributed by atoms with van der Waals surface area (Å²) >= 11 is 1.31. The lowest BCUT2D eigenvalue weighted by Gasteiger charge is -2.21. The van der Waals surface area contributed by atoms with E-state index in [-0.39, 0.29) is 11.3 Å². The fourth-order valence-electron chi connectivity index (χ4n) is 1.62. The number of thioether (sulfide) groups is 1. The van der Waals surface area contributed by atoms with E-state index in [1.807, 2.05) is 12.1 Å². The third kappa shape index (κ3) is 2.68. The van der Waals surface area contributed by atoms with E-state index in [2.05, 4.69) is 15.8 Å². The normalized spacial score (nSPS) is 18.7. The number of benzene rings is 1. The topological polar surface area (TPSA) is 92.7 Å². The van der Waals surface area contributed by atoms with Crippen molar-refractivity contribution < 1.29 is 14.7 Å². The van der Waals surface area contributed by atoms with Crippen LogP contribution in [0.2, 0.25) is 0 Å². The summed E-state index contributed by atoms with van der Waals surface area (Å²) in [6.45, 7) is 0. The minimum Gasteiger partial charge on any atom is -0.497 e. The molecule has 0 aliphatic carbocycles. The molecule has 7 nitrogen and oxygen atoms in total. The first-order valence-electron chi connectivity index (χ1n) is 5.30. The Morgan fingerprint density at radius 3 is 2.58 bits per heavy atom. The molecule has 0 saturated carbocycles. The van der Waals surface area contributed by atoms with Crippen molar-refractivity contribution in [2.75, 3.05) is 14.2 Å². The summed E-state index contributed by atoms with van der Waals surface area (Å²) in [6, 6.07) is 5.43. The van der Waals surface area contributed by atoms with Crippen LogP contribution in [-0.2, 0) is 0 Å². The number of rotatable bonds is 3. The first kappa shape index (κ1) is 13.3. The van der Waals surface area contributed by atoms with Crippen LogP contribution in [0, 0.1) is 0 Å². The van der Waals surface area contributed by atoms with Crippen LogP contribution in [-0.4, -0.2) is 35.9 Å². The van der Waals surface area contributed by atoms with Gasteiger partial charge in [0.2, 0.25) is 0 Å². The van der Waals surface area contributed by atoms with Crippen molar-refractivity contribution in [2.45, 2.75) is 5.37 Å². The van der Waals surface area contributed by atoms with E-state index in [0.29, 0.717) is 11.5 Å². The van der Waals surface area contributed by atoms with Crippen molar-refractivity contribution >= 4 is 23.3 Å². The minimum atomic E-state index is -0.278. The summed E-state index contributed by atoms with van der Waals surface area (Å²) < 4.78 is 10.4. The maximum atomic E-state index is 8.74. The highest BCUT2D eigenvalue weighted by molar-refractivity contribution is 8.12. The lowest BCUT2D eigenvalue weighted by molar-refractivity contribution is 0.298. The van der Waals surface area contributed by atoms with Crippen LogP contribution in [0.25, 0.3) is 0 Å². The molecule has 1 heterocycles. The van der Waals surface area contributed by atoms with E-state index in [1.165, 1.54) is 16.8 Å². The first-order chi connectivity index (χ1) is 9.19. The number of methoxy groups -OCH3 is 2. The predicted molar refractivity (Wildman–Crippen MR) is 72.6 cm³/mol. The molecular weight excluding hydrogens is 268 g/mol. The molecule has 1 radical (unpaired) electrons. The molecule has 1 unspecified atom stereocenters. The Kier molecular flexibility index (Phi) is 4.00. The van der Waals surface area contributed by atoms with Gasteiger partial charge in [-0.05, 0) is 22.9 Å². The molecule has 0 aromatic heterocycles. The monoisotopic (exact) mass is 281 g/mol. The Hall–Kier alpha value is -2.09. The molecule has 1 aromatic rings. The van der Waals surface area contributed by atoms with Gasteiger partial charge in [0.1, 0.15) is 16.9 Å². The number of nitrogens with zero attached hydrogens (tertiary/aromatic N) is 3. The molecule has 3 N–H and O–H groups in total. The van der Waals surface area contributed by atoms with Gasteiger partial charge in [0.25, 0.3) is 5.96 Å². The zero-order chi connectivity index (χ0) is 13.8. The summed E-state index contributed by atoms with van der Waals surface area (Å²) in [5, 5.41) is 16.7. The Balaban J connectivity index is 2.35. The van der Waals surface area contributed by atoms with Crippen LogP contribution in [0.1, 0.15) is 10.9 Å². The zero-order valence-corrected chi connectivity index (χ0v) is 11.2. The van der Waals surface area contributed by atoms with Gasteiger partial charge in [-0.1, -0.05) is 11.8 Å². The van der Waals surface area contributed by atoms with Gasteiger partial charge in [0, 0.05) is 6.07 Å². The number of nitrogens with two attached hydrogens (primary N) is 1. The smallest absolute Gasteiger partial charge is 0.255 e. The molecule has 1 aliphatic rings. The average Bonchev–Trinajstić information content (AvgIpc) is 2.95. The molecule has 0 amide bonds. The largest absolute Gasteiger partial charge is 0.497 e. The quantitative estimate of drug-likeness (QED) is 0.375. The molecule has 19 heavy (non-hydrogen) atoms. The molecule has 0 bridgehead atoms. The summed E-state index contributed by atoms with van der Waals surface area (Å²) in [7, 11) is 3.15. The molecule has 1 aliphatic heterocycles. The standard InChI is InChI=1S/C11H13N4O3S/c1-17-8-3-7(4-9(5-8)18-2)10-15(11(12)14-16)13-6-19-10/h3-5,10,16H,1-2H3,(H2,12,14). The maximum Gasteiger partial charge on any atom is 0.255 e. The lowest BCUT2D eigenvalue weighted by atomic mass is 10.2. The van der Waals surface area contributed by atoms with E-state index in [1.54, 1.807) is 20.3 Å². The fraction of sp³-hybridized carbons (Fsp3) is 0.273. The van der Waals surface area contributed by atoms with Crippen molar-refractivity contribution in [2.24, 2.45) is 16.0 Å². The Labute approximate surface area is 114 Å². The molecule has 0 spiro atoms. The lowest BCUT2D eigenvalue weighted by Crippen LogP contribution is -2.33. The summed E-state index contributed by atoms with van der Waals surface area (Å²) in [5.41, 5.74) is 9.14. The number of hydrogen-bond acceptors (Lipinski definition) is 6. The van der Waals surface area contributed by atoms with Gasteiger partial charge in [-0.3, -0.25) is 0 Å². The molecule has 0 saturated heterocycles. The van der Waals surface area contributed by atoms with Crippen molar-refractivity contribution in [3.8, 4) is 11.5 Å². The van der Waals surface area contributed by atoms with Gasteiger partial charge in [0.05, 0.1) is 14.2 Å². The minimum absolute atomic E-state index is 0.107. The van der Waals surface area contributed by atoms with Crippen molar-refractivity contribution in [1.82, 2.24) is 5.01 Å². The summed E-state index contributed by atoms with van der Waals surface area (Å²) in [5.74, 6) is 1.20. The summed E-state index contributed by atoms with van der Waals surface area (Å²) in [6.07, 6.45) is 0. The number of hydrazone groups is 1. The Bertz CT molecular complexity index is 498. The summed E-state index contributed by atoms with van der Waals surface area (Å²) in [4.78, 5) is 0. The first-order valence-corrected chi connectivity index (χ1v) is 6.18. The van der Waals surface area contributed by atoms with E-state index in [4.69, 9.17) is 20.4 Å². The van der Waals surface area contributed by atoms with Crippen molar-refractivity contribution in [1.29, 1.82) is 0 Å². The van der Waals surface area contributed by atoms with Gasteiger partial charge in [-0.25, -0.2) is 5.01 Å². The second-order valence-electron chi connectivity index (χ2n) is 3.61. The molecular formula is C11H13N4O3S. The number of oxime groups is 1. The fourth-order valence-corrected chi connectivity index (χ4v) is 2.38. The third-order valence-corrected chi connectivity index (χ3v) is 3.41. The SMILES string of the molecule is COc1cc(OC)cc(C2S[C]=NN2C(N)=NO)c1. The van der Waals surface area contributed by atoms with Gasteiger partial charge < -0.3 is 20.4 Å². The molecule has 8 heteroatoms. The number of ether oxygens (including phenoxy) is 2. The molecule has 1 aromatic carbocycles. The van der Waals surface area contributed by atoms with Crippen LogP contribution in [0.3, 0.4) is 0 Å². The van der Waals surface area contributed by atoms with Crippen LogP contribution in [0.4, 0.5) is 0 Å². The van der Waals surface area contributed by atoms with E-state index < -0.39 is 0 Å². The van der Waals surface area contributed by atoms with Gasteiger partial charge in [-0.15, -0.1) is 0 Å². The van der Waals surface area contributed by atoms with Crippen LogP contribution in [0.5, 0.6) is 11.5 Å². The van der Waals surface area contributed by atoms with E-state index in [0.717, 1.165) is 5.56 Å². The molecule has 1 atom stereocenters. The second kappa shape index (κ2) is 5.70. The maximum absolute atomic E-state index is 8.74. The van der Waals surface area contributed by atoms with Crippen LogP contribution < -0.4 is 15.2 Å². The molecule has 2 rings (SSSR count). The average molecular weight is 281 g/mol. The van der Waals surface area contributed by atoms with Crippen molar-refractivity contribution in [3.63, 3.8) is 0 Å².